The van der Waals surface area contributed by atoms with Crippen molar-refractivity contribution in [2.45, 2.75) is 0 Å². The molecule has 0 saturated heterocycles. The van der Waals surface area contributed by atoms with E-state index in [0.717, 1.165) is 10.3 Å². The third kappa shape index (κ3) is 3.28. The standard InChI is InChI=1S/C25H20ClP/c26-25(21-13-5-1-6-14-21)27(22-15-7-2-8-16-22,23-17-9-3-10-18-23)24-19-11-4-12-20-24/h1-20H. The molecule has 0 amide bonds. The van der Waals surface area contributed by atoms with Gasteiger partial charge in [0.05, 0.1) is 4.75 Å². The van der Waals surface area contributed by atoms with Crippen molar-refractivity contribution < 1.29 is 0 Å². The second-order valence-corrected chi connectivity index (χ2v) is 10.3. The highest BCUT2D eigenvalue weighted by atomic mass is 35.5. The minimum Gasteiger partial charge on any atom is -0.0825 e. The molecule has 0 aliphatic carbocycles. The topological polar surface area (TPSA) is 0 Å². The van der Waals surface area contributed by atoms with Crippen molar-refractivity contribution in [2.24, 2.45) is 0 Å². The number of halogens is 1. The number of benzene rings is 4. The van der Waals surface area contributed by atoms with Crippen molar-refractivity contribution in [2.75, 3.05) is 0 Å². The Labute approximate surface area is 166 Å². The van der Waals surface area contributed by atoms with Crippen LogP contribution in [0.4, 0.5) is 0 Å². The van der Waals surface area contributed by atoms with E-state index in [9.17, 15) is 0 Å². The van der Waals surface area contributed by atoms with Gasteiger partial charge in [-0.2, -0.15) is 0 Å². The van der Waals surface area contributed by atoms with Gasteiger partial charge < -0.3 is 0 Å². The van der Waals surface area contributed by atoms with Crippen molar-refractivity contribution in [3.8, 4) is 0 Å². The molecule has 27 heavy (non-hydrogen) atoms. The van der Waals surface area contributed by atoms with Crippen molar-refractivity contribution >= 4 is 39.2 Å². The molecule has 0 spiro atoms. The maximum absolute atomic E-state index is 7.30. The van der Waals surface area contributed by atoms with Crippen LogP contribution in [0.1, 0.15) is 5.56 Å². The minimum absolute atomic E-state index is 0.909. The summed E-state index contributed by atoms with van der Waals surface area (Å²) in [6.07, 6.45) is 0. The van der Waals surface area contributed by atoms with E-state index in [4.69, 9.17) is 11.6 Å². The SMILES string of the molecule is ClC(c1ccccc1)=P(c1ccccc1)(c1ccccc1)c1ccccc1. The van der Waals surface area contributed by atoms with Crippen LogP contribution in [0.5, 0.6) is 0 Å². The van der Waals surface area contributed by atoms with Gasteiger partial charge in [0, 0.05) is 0 Å². The highest BCUT2D eigenvalue weighted by Gasteiger charge is 2.29. The second kappa shape index (κ2) is 8.01. The monoisotopic (exact) mass is 386 g/mol. The zero-order chi connectivity index (χ0) is 18.5. The number of rotatable bonds is 4. The lowest BCUT2D eigenvalue weighted by molar-refractivity contribution is 1.68. The lowest BCUT2D eigenvalue weighted by Crippen LogP contribution is -2.29. The van der Waals surface area contributed by atoms with Crippen LogP contribution in [-0.2, 0) is 0 Å². The molecule has 0 aromatic heterocycles. The molecule has 0 aliphatic heterocycles. The first-order valence-electron chi connectivity index (χ1n) is 8.98. The molecule has 4 aromatic rings. The summed E-state index contributed by atoms with van der Waals surface area (Å²) in [7, 11) is 0. The summed E-state index contributed by atoms with van der Waals surface area (Å²) in [4.78, 5) is 0. The second-order valence-electron chi connectivity index (χ2n) is 6.33. The molecule has 4 rings (SSSR count). The van der Waals surface area contributed by atoms with Gasteiger partial charge in [-0.15, -0.1) is 0 Å². The van der Waals surface area contributed by atoms with E-state index in [1.807, 2.05) is 18.2 Å². The van der Waals surface area contributed by atoms with Crippen LogP contribution in [0.15, 0.2) is 121 Å². The van der Waals surface area contributed by atoms with Crippen LogP contribution in [0, 0.1) is 0 Å². The summed E-state index contributed by atoms with van der Waals surface area (Å²) in [6, 6.07) is 42.4. The zero-order valence-electron chi connectivity index (χ0n) is 14.9. The van der Waals surface area contributed by atoms with E-state index in [1.165, 1.54) is 15.9 Å². The van der Waals surface area contributed by atoms with Gasteiger partial charge in [-0.3, -0.25) is 0 Å². The molecule has 0 fully saturated rings. The fourth-order valence-corrected chi connectivity index (χ4v) is 8.48. The summed E-state index contributed by atoms with van der Waals surface area (Å²) in [5, 5.41) is 3.78. The normalized spacial score (nSPS) is 11.1. The van der Waals surface area contributed by atoms with Gasteiger partial charge in [-0.1, -0.05) is 133 Å². The maximum Gasteiger partial charge on any atom is 0.0570 e. The molecule has 0 unspecified atom stereocenters. The predicted molar refractivity (Wildman–Crippen MR) is 122 cm³/mol. The first-order valence-corrected chi connectivity index (χ1v) is 11.1. The van der Waals surface area contributed by atoms with E-state index in [0.29, 0.717) is 0 Å². The minimum atomic E-state index is -2.18. The van der Waals surface area contributed by atoms with E-state index in [-0.39, 0.29) is 0 Å². The number of hydrogen-bond acceptors (Lipinski definition) is 0. The molecule has 2 heteroatoms. The van der Waals surface area contributed by atoms with Gasteiger partial charge in [0.1, 0.15) is 0 Å². The van der Waals surface area contributed by atoms with Crippen LogP contribution in [0.3, 0.4) is 0 Å². The fourth-order valence-electron chi connectivity index (χ4n) is 3.51. The van der Waals surface area contributed by atoms with Crippen molar-refractivity contribution in [1.82, 2.24) is 0 Å². The van der Waals surface area contributed by atoms with E-state index in [1.54, 1.807) is 0 Å². The lowest BCUT2D eigenvalue weighted by Gasteiger charge is -2.30. The summed E-state index contributed by atoms with van der Waals surface area (Å²) >= 11 is 7.30. The first kappa shape index (κ1) is 17.9. The summed E-state index contributed by atoms with van der Waals surface area (Å²) < 4.78 is 0.909. The Morgan fingerprint density at radius 2 is 0.741 bits per heavy atom. The molecular formula is C25H20ClP. The maximum atomic E-state index is 7.30. The molecule has 0 heterocycles. The Balaban J connectivity index is 2.21. The molecule has 0 bridgehead atoms. The van der Waals surface area contributed by atoms with E-state index < -0.39 is 6.89 Å². The van der Waals surface area contributed by atoms with Gasteiger partial charge in [-0.25, -0.2) is 0 Å². The lowest BCUT2D eigenvalue weighted by atomic mass is 10.2. The molecule has 4 aromatic carbocycles. The quantitative estimate of drug-likeness (QED) is 0.412. The molecule has 0 saturated carbocycles. The number of hydrogen-bond donors (Lipinski definition) is 0. The van der Waals surface area contributed by atoms with Crippen molar-refractivity contribution in [3.63, 3.8) is 0 Å². The van der Waals surface area contributed by atoms with Crippen LogP contribution < -0.4 is 15.9 Å². The molecule has 0 atom stereocenters. The third-order valence-corrected chi connectivity index (χ3v) is 9.78. The van der Waals surface area contributed by atoms with Crippen LogP contribution >= 0.6 is 18.5 Å². The Morgan fingerprint density at radius 1 is 0.444 bits per heavy atom. The van der Waals surface area contributed by atoms with Gasteiger partial charge in [-0.05, 0) is 28.4 Å². The molecule has 0 nitrogen and oxygen atoms in total. The van der Waals surface area contributed by atoms with E-state index in [2.05, 4.69) is 103 Å². The van der Waals surface area contributed by atoms with Crippen LogP contribution in [-0.4, -0.2) is 4.75 Å². The fraction of sp³-hybridized carbons (Fsp3) is 0. The summed E-state index contributed by atoms with van der Waals surface area (Å²) in [6.45, 7) is -2.18. The summed E-state index contributed by atoms with van der Waals surface area (Å²) in [5.74, 6) is 0. The molecule has 132 valence electrons. The highest BCUT2D eigenvalue weighted by molar-refractivity contribution is 7.97. The molecular weight excluding hydrogens is 367 g/mol. The summed E-state index contributed by atoms with van der Waals surface area (Å²) in [5.41, 5.74) is 1.07. The zero-order valence-corrected chi connectivity index (χ0v) is 16.5. The molecule has 0 aliphatic rings. The van der Waals surface area contributed by atoms with Crippen molar-refractivity contribution in [1.29, 1.82) is 0 Å². The molecule has 0 radical (unpaired) electrons. The highest BCUT2D eigenvalue weighted by Crippen LogP contribution is 2.48. The molecule has 0 N–H and O–H groups in total. The van der Waals surface area contributed by atoms with Crippen LogP contribution in [0.2, 0.25) is 0 Å². The predicted octanol–water partition coefficient (Wildman–Crippen LogP) is 5.40. The Kier molecular flexibility index (Phi) is 5.30. The van der Waals surface area contributed by atoms with Crippen molar-refractivity contribution in [3.05, 3.63) is 127 Å². The van der Waals surface area contributed by atoms with Gasteiger partial charge in [0.15, 0.2) is 0 Å². The van der Waals surface area contributed by atoms with Gasteiger partial charge in [0.2, 0.25) is 0 Å². The smallest absolute Gasteiger partial charge is 0.0570 e. The Bertz CT molecular complexity index is 953. The van der Waals surface area contributed by atoms with Crippen LogP contribution in [0.25, 0.3) is 0 Å². The Morgan fingerprint density at radius 3 is 1.07 bits per heavy atom. The van der Waals surface area contributed by atoms with Gasteiger partial charge in [0.25, 0.3) is 0 Å². The average Bonchev–Trinajstić information content (AvgIpc) is 2.77. The third-order valence-electron chi connectivity index (χ3n) is 4.74. The first-order chi connectivity index (χ1) is 13.3. The van der Waals surface area contributed by atoms with Gasteiger partial charge >= 0.3 is 0 Å². The average molecular weight is 387 g/mol. The largest absolute Gasteiger partial charge is 0.0825 e. The Hall–Kier alpha value is -2.53. The van der Waals surface area contributed by atoms with E-state index >= 15 is 0 Å².